The summed E-state index contributed by atoms with van der Waals surface area (Å²) in [4.78, 5) is 8.09. The molecule has 0 spiro atoms. The number of rotatable bonds is 2. The van der Waals surface area contributed by atoms with Gasteiger partial charge in [-0.2, -0.15) is 0 Å². The van der Waals surface area contributed by atoms with E-state index < -0.39 is 0 Å². The standard InChI is InChI=1S/C17H22N2O2/c1-10-9-13(21-17(4,5)6)7-8-14(10)15-11(2)18-16(20)19-12(15)3/h7-9H,1-6H3,(H,18,19,20). The second-order valence-electron chi connectivity index (χ2n) is 6.26. The van der Waals surface area contributed by atoms with Crippen LogP contribution in [0, 0.1) is 20.8 Å². The van der Waals surface area contributed by atoms with Crippen LogP contribution in [-0.4, -0.2) is 20.7 Å². The highest BCUT2D eigenvalue weighted by molar-refractivity contribution is 5.72. The van der Waals surface area contributed by atoms with Crippen molar-refractivity contribution < 1.29 is 9.84 Å². The zero-order valence-electron chi connectivity index (χ0n) is 13.5. The molecule has 0 saturated carbocycles. The minimum atomic E-state index is -0.221. The van der Waals surface area contributed by atoms with Crippen molar-refractivity contribution in [3.63, 3.8) is 0 Å². The number of nitrogens with zero attached hydrogens (tertiary/aromatic N) is 2. The largest absolute Gasteiger partial charge is 0.488 e. The Balaban J connectivity index is 2.47. The zero-order valence-corrected chi connectivity index (χ0v) is 13.5. The van der Waals surface area contributed by atoms with Gasteiger partial charge in [0.1, 0.15) is 11.4 Å². The van der Waals surface area contributed by atoms with Crippen molar-refractivity contribution in [2.45, 2.75) is 47.1 Å². The maximum absolute atomic E-state index is 9.46. The predicted octanol–water partition coefficient (Wildman–Crippen LogP) is 3.95. The number of ether oxygens (including phenoxy) is 1. The fourth-order valence-electron chi connectivity index (χ4n) is 2.42. The molecule has 0 unspecified atom stereocenters. The van der Waals surface area contributed by atoms with Crippen LogP contribution in [0.4, 0.5) is 0 Å². The first-order valence-corrected chi connectivity index (χ1v) is 7.01. The average Bonchev–Trinajstić information content (AvgIpc) is 2.28. The van der Waals surface area contributed by atoms with Gasteiger partial charge in [-0.1, -0.05) is 6.07 Å². The van der Waals surface area contributed by atoms with Gasteiger partial charge in [-0.15, -0.1) is 0 Å². The number of aromatic nitrogens is 2. The van der Waals surface area contributed by atoms with E-state index in [0.717, 1.165) is 33.8 Å². The molecule has 1 N–H and O–H groups in total. The summed E-state index contributed by atoms with van der Waals surface area (Å²) in [5.74, 6) is 0.846. The van der Waals surface area contributed by atoms with Crippen molar-refractivity contribution in [1.82, 2.24) is 9.97 Å². The minimum Gasteiger partial charge on any atom is -0.488 e. The normalized spacial score (nSPS) is 11.5. The number of benzene rings is 1. The van der Waals surface area contributed by atoms with Gasteiger partial charge in [0.25, 0.3) is 0 Å². The molecule has 1 heterocycles. The van der Waals surface area contributed by atoms with Crippen LogP contribution in [0.5, 0.6) is 11.8 Å². The molecule has 1 aromatic heterocycles. The Morgan fingerprint density at radius 1 is 1.00 bits per heavy atom. The van der Waals surface area contributed by atoms with Gasteiger partial charge in [-0.3, -0.25) is 0 Å². The molecule has 4 heteroatoms. The van der Waals surface area contributed by atoms with Crippen molar-refractivity contribution in [1.29, 1.82) is 0 Å². The van der Waals surface area contributed by atoms with E-state index in [1.165, 1.54) is 0 Å². The summed E-state index contributed by atoms with van der Waals surface area (Å²) < 4.78 is 5.88. The summed E-state index contributed by atoms with van der Waals surface area (Å²) in [5, 5.41) is 9.46. The maximum Gasteiger partial charge on any atom is 0.314 e. The van der Waals surface area contributed by atoms with Gasteiger partial charge in [0.05, 0.1) is 11.4 Å². The second-order valence-corrected chi connectivity index (χ2v) is 6.26. The van der Waals surface area contributed by atoms with Crippen molar-refractivity contribution >= 4 is 0 Å². The summed E-state index contributed by atoms with van der Waals surface area (Å²) in [6.45, 7) is 11.9. The lowest BCUT2D eigenvalue weighted by atomic mass is 9.98. The van der Waals surface area contributed by atoms with Gasteiger partial charge in [0, 0.05) is 5.56 Å². The van der Waals surface area contributed by atoms with Gasteiger partial charge in [0.2, 0.25) is 0 Å². The second kappa shape index (κ2) is 5.35. The van der Waals surface area contributed by atoms with E-state index >= 15 is 0 Å². The van der Waals surface area contributed by atoms with Crippen LogP contribution in [0.25, 0.3) is 11.1 Å². The molecule has 0 atom stereocenters. The Kier molecular flexibility index (Phi) is 3.90. The Morgan fingerprint density at radius 2 is 1.57 bits per heavy atom. The lowest BCUT2D eigenvalue weighted by Gasteiger charge is -2.22. The molecule has 0 radical (unpaired) electrons. The molecule has 4 nitrogen and oxygen atoms in total. The van der Waals surface area contributed by atoms with E-state index in [1.54, 1.807) is 0 Å². The summed E-state index contributed by atoms with van der Waals surface area (Å²) in [7, 11) is 0. The highest BCUT2D eigenvalue weighted by Crippen LogP contribution is 2.32. The van der Waals surface area contributed by atoms with E-state index in [-0.39, 0.29) is 11.6 Å². The van der Waals surface area contributed by atoms with Crippen molar-refractivity contribution in [2.75, 3.05) is 0 Å². The summed E-state index contributed by atoms with van der Waals surface area (Å²) in [6.07, 6.45) is 0. The number of aryl methyl sites for hydroxylation is 3. The van der Waals surface area contributed by atoms with Crippen molar-refractivity contribution in [3.8, 4) is 22.9 Å². The molecule has 0 amide bonds. The average molecular weight is 286 g/mol. The van der Waals surface area contributed by atoms with Crippen LogP contribution < -0.4 is 4.74 Å². The summed E-state index contributed by atoms with van der Waals surface area (Å²) in [6, 6.07) is 5.82. The molecule has 0 saturated heterocycles. The van der Waals surface area contributed by atoms with Crippen LogP contribution in [0.3, 0.4) is 0 Å². The lowest BCUT2D eigenvalue weighted by molar-refractivity contribution is 0.131. The molecular formula is C17H22N2O2. The molecule has 0 aliphatic heterocycles. The molecule has 2 aromatic rings. The van der Waals surface area contributed by atoms with Gasteiger partial charge in [-0.05, 0) is 64.8 Å². The molecule has 2 rings (SSSR count). The molecule has 112 valence electrons. The smallest absolute Gasteiger partial charge is 0.314 e. The minimum absolute atomic E-state index is 0.181. The van der Waals surface area contributed by atoms with Crippen LogP contribution >= 0.6 is 0 Å². The molecule has 1 aromatic carbocycles. The molecule has 0 bridgehead atoms. The third-order valence-corrected chi connectivity index (χ3v) is 3.15. The van der Waals surface area contributed by atoms with Crippen molar-refractivity contribution in [3.05, 3.63) is 35.2 Å². The molecule has 21 heavy (non-hydrogen) atoms. The van der Waals surface area contributed by atoms with E-state index in [0.29, 0.717) is 0 Å². The zero-order chi connectivity index (χ0) is 15.8. The summed E-state index contributed by atoms with van der Waals surface area (Å²) in [5.41, 5.74) is 4.44. The Labute approximate surface area is 125 Å². The maximum atomic E-state index is 9.46. The first-order valence-electron chi connectivity index (χ1n) is 7.01. The monoisotopic (exact) mass is 286 g/mol. The number of hydrogen-bond donors (Lipinski definition) is 1. The van der Waals surface area contributed by atoms with Gasteiger partial charge in [-0.25, -0.2) is 9.97 Å². The fourth-order valence-corrected chi connectivity index (χ4v) is 2.42. The Morgan fingerprint density at radius 3 is 2.05 bits per heavy atom. The van der Waals surface area contributed by atoms with Crippen LogP contribution in [0.1, 0.15) is 37.7 Å². The van der Waals surface area contributed by atoms with Gasteiger partial charge >= 0.3 is 6.01 Å². The first kappa shape index (κ1) is 15.3. The molecule has 0 aliphatic carbocycles. The SMILES string of the molecule is Cc1cc(OC(C)(C)C)ccc1-c1c(C)nc(O)nc1C. The van der Waals surface area contributed by atoms with Crippen LogP contribution in [0.2, 0.25) is 0 Å². The molecule has 0 aliphatic rings. The van der Waals surface area contributed by atoms with Crippen LogP contribution in [0.15, 0.2) is 18.2 Å². The molecule has 0 fully saturated rings. The van der Waals surface area contributed by atoms with E-state index in [9.17, 15) is 5.11 Å². The van der Waals surface area contributed by atoms with Gasteiger partial charge in [0.15, 0.2) is 0 Å². The number of hydrogen-bond acceptors (Lipinski definition) is 4. The fraction of sp³-hybridized carbons (Fsp3) is 0.412. The summed E-state index contributed by atoms with van der Waals surface area (Å²) >= 11 is 0. The quantitative estimate of drug-likeness (QED) is 0.908. The third-order valence-electron chi connectivity index (χ3n) is 3.15. The van der Waals surface area contributed by atoms with Crippen molar-refractivity contribution in [2.24, 2.45) is 0 Å². The van der Waals surface area contributed by atoms with E-state index in [1.807, 2.05) is 59.7 Å². The van der Waals surface area contributed by atoms with E-state index in [2.05, 4.69) is 9.97 Å². The molecular weight excluding hydrogens is 264 g/mol. The predicted molar refractivity (Wildman–Crippen MR) is 83.7 cm³/mol. The van der Waals surface area contributed by atoms with Crippen LogP contribution in [-0.2, 0) is 0 Å². The highest BCUT2D eigenvalue weighted by atomic mass is 16.5. The first-order chi connectivity index (χ1) is 9.67. The van der Waals surface area contributed by atoms with E-state index in [4.69, 9.17) is 4.74 Å². The Hall–Kier alpha value is -2.10. The lowest BCUT2D eigenvalue weighted by Crippen LogP contribution is -2.22. The van der Waals surface area contributed by atoms with Gasteiger partial charge < -0.3 is 9.84 Å². The topological polar surface area (TPSA) is 55.2 Å². The highest BCUT2D eigenvalue weighted by Gasteiger charge is 2.15. The Bertz CT molecular complexity index is 650. The number of aromatic hydroxyl groups is 1. The third kappa shape index (κ3) is 3.51.